The van der Waals surface area contributed by atoms with Crippen molar-refractivity contribution >= 4 is 28.0 Å². The molecule has 1 unspecified atom stereocenters. The van der Waals surface area contributed by atoms with Gasteiger partial charge in [-0.05, 0) is 20.8 Å². The SMILES string of the molecule is CC(C)(C)OP(=O)(O)OSOP(=O)(O)O. The molecule has 0 spiro atoms. The lowest BCUT2D eigenvalue weighted by Crippen LogP contribution is -2.17. The van der Waals surface area contributed by atoms with Crippen LogP contribution in [0.5, 0.6) is 0 Å². The Morgan fingerprint density at radius 1 is 1.07 bits per heavy atom. The van der Waals surface area contributed by atoms with Gasteiger partial charge >= 0.3 is 15.6 Å². The van der Waals surface area contributed by atoms with Gasteiger partial charge in [-0.25, -0.2) is 9.13 Å². The van der Waals surface area contributed by atoms with Crippen molar-refractivity contribution in [3.05, 3.63) is 0 Å². The minimum absolute atomic E-state index is 0.293. The standard InChI is InChI=1S/C4H12O8P2S/c1-4(2,3)10-14(8,9)12-15-11-13(5,6)7/h1-3H3,(H,8,9)(H2,5,6,7). The lowest BCUT2D eigenvalue weighted by atomic mass is 10.2. The third-order valence-electron chi connectivity index (χ3n) is 0.641. The van der Waals surface area contributed by atoms with Gasteiger partial charge in [-0.2, -0.15) is 7.94 Å². The topological polar surface area (TPSA) is 123 Å². The molecule has 0 aliphatic carbocycles. The van der Waals surface area contributed by atoms with E-state index in [2.05, 4.69) is 12.5 Å². The zero-order chi connectivity index (χ0) is 12.3. The van der Waals surface area contributed by atoms with Crippen molar-refractivity contribution in [2.24, 2.45) is 0 Å². The van der Waals surface area contributed by atoms with E-state index in [0.717, 1.165) is 0 Å². The summed E-state index contributed by atoms with van der Waals surface area (Å²) in [6.45, 7) is 4.52. The fraction of sp³-hybridized carbons (Fsp3) is 1.00. The second-order valence-electron chi connectivity index (χ2n) is 3.38. The van der Waals surface area contributed by atoms with E-state index in [0.29, 0.717) is 0 Å². The number of hydrogen-bond donors (Lipinski definition) is 3. The van der Waals surface area contributed by atoms with Crippen molar-refractivity contribution in [3.8, 4) is 0 Å². The van der Waals surface area contributed by atoms with Crippen molar-refractivity contribution in [2.75, 3.05) is 0 Å². The summed E-state index contributed by atoms with van der Waals surface area (Å²) in [7, 11) is -9.16. The van der Waals surface area contributed by atoms with Crippen molar-refractivity contribution < 1.29 is 36.3 Å². The molecular weight excluding hydrogens is 270 g/mol. The highest BCUT2D eigenvalue weighted by molar-refractivity contribution is 7.96. The molecule has 0 aromatic carbocycles. The molecule has 0 fully saturated rings. The normalized spacial score (nSPS) is 17.5. The summed E-state index contributed by atoms with van der Waals surface area (Å²) in [5.41, 5.74) is -0.938. The fourth-order valence-electron chi connectivity index (χ4n) is 0.453. The summed E-state index contributed by atoms with van der Waals surface area (Å²) in [5, 5.41) is 0. The van der Waals surface area contributed by atoms with Crippen molar-refractivity contribution in [3.63, 3.8) is 0 Å². The first-order valence-corrected chi connectivity index (χ1v) is 7.24. The predicted octanol–water partition coefficient (Wildman–Crippen LogP) is 1.59. The van der Waals surface area contributed by atoms with Gasteiger partial charge in [0, 0.05) is 0 Å². The molecule has 0 aliphatic heterocycles. The maximum atomic E-state index is 11.1. The first-order chi connectivity index (χ1) is 6.41. The second-order valence-corrected chi connectivity index (χ2v) is 6.81. The van der Waals surface area contributed by atoms with Crippen LogP contribution in [0, 0.1) is 0 Å². The molecule has 0 saturated heterocycles. The van der Waals surface area contributed by atoms with E-state index >= 15 is 0 Å². The Morgan fingerprint density at radius 3 is 1.87 bits per heavy atom. The van der Waals surface area contributed by atoms with Crippen LogP contribution in [0.3, 0.4) is 0 Å². The van der Waals surface area contributed by atoms with Gasteiger partial charge in [0.1, 0.15) is 0 Å². The zero-order valence-electron chi connectivity index (χ0n) is 8.19. The van der Waals surface area contributed by atoms with E-state index in [9.17, 15) is 9.13 Å². The van der Waals surface area contributed by atoms with E-state index in [1.54, 1.807) is 0 Å². The van der Waals surface area contributed by atoms with Crippen LogP contribution in [-0.2, 0) is 21.6 Å². The highest BCUT2D eigenvalue weighted by Gasteiger charge is 2.31. The van der Waals surface area contributed by atoms with Gasteiger partial charge in [0.2, 0.25) is 0 Å². The van der Waals surface area contributed by atoms with Crippen LogP contribution in [-0.4, -0.2) is 20.3 Å². The molecule has 15 heavy (non-hydrogen) atoms. The molecule has 0 aromatic heterocycles. The van der Waals surface area contributed by atoms with Crippen LogP contribution < -0.4 is 0 Å². The predicted molar refractivity (Wildman–Crippen MR) is 52.5 cm³/mol. The van der Waals surface area contributed by atoms with Crippen molar-refractivity contribution in [1.82, 2.24) is 0 Å². The van der Waals surface area contributed by atoms with Crippen LogP contribution in [0.2, 0.25) is 0 Å². The quantitative estimate of drug-likeness (QED) is 0.509. The minimum Gasteiger partial charge on any atom is -0.302 e. The highest BCUT2D eigenvalue weighted by Crippen LogP contribution is 2.53. The number of hydrogen-bond acceptors (Lipinski definition) is 6. The molecule has 0 aliphatic rings. The lowest BCUT2D eigenvalue weighted by Gasteiger charge is -2.21. The Labute approximate surface area is 91.2 Å². The fourth-order valence-corrected chi connectivity index (χ4v) is 2.25. The zero-order valence-corrected chi connectivity index (χ0v) is 10.8. The maximum absolute atomic E-state index is 11.1. The summed E-state index contributed by atoms with van der Waals surface area (Å²) in [6.07, 6.45) is 0. The van der Waals surface area contributed by atoms with Crippen molar-refractivity contribution in [1.29, 1.82) is 0 Å². The number of phosphoric ester groups is 1. The summed E-state index contributed by atoms with van der Waals surface area (Å²) < 4.78 is 33.6. The molecule has 3 N–H and O–H groups in total. The molecule has 11 heteroatoms. The summed E-state index contributed by atoms with van der Waals surface area (Å²) in [4.78, 5) is 25.5. The van der Waals surface area contributed by atoms with E-state index in [4.69, 9.17) is 14.7 Å². The van der Waals surface area contributed by atoms with Crippen LogP contribution >= 0.6 is 28.0 Å². The van der Waals surface area contributed by atoms with Gasteiger partial charge in [-0.15, -0.1) is 0 Å². The third kappa shape index (κ3) is 10.8. The van der Waals surface area contributed by atoms with Crippen molar-refractivity contribution in [2.45, 2.75) is 26.4 Å². The largest absolute Gasteiger partial charge is 0.485 e. The van der Waals surface area contributed by atoms with E-state index in [1.165, 1.54) is 20.8 Å². The Morgan fingerprint density at radius 2 is 1.53 bits per heavy atom. The maximum Gasteiger partial charge on any atom is 0.485 e. The smallest absolute Gasteiger partial charge is 0.302 e. The summed E-state index contributed by atoms with van der Waals surface area (Å²) >= 11 is -0.293. The Bertz CT molecular complexity index is 292. The summed E-state index contributed by atoms with van der Waals surface area (Å²) in [6, 6.07) is 0. The molecule has 0 heterocycles. The molecular formula is C4H12O8P2S. The summed E-state index contributed by atoms with van der Waals surface area (Å²) in [5.74, 6) is 0. The Kier molecular flexibility index (Phi) is 5.47. The third-order valence-corrected chi connectivity index (χ3v) is 3.44. The van der Waals surface area contributed by atoms with Gasteiger partial charge in [0.25, 0.3) is 0 Å². The average molecular weight is 282 g/mol. The van der Waals surface area contributed by atoms with E-state index in [-0.39, 0.29) is 12.3 Å². The van der Waals surface area contributed by atoms with Gasteiger partial charge in [-0.3, -0.25) is 4.52 Å². The highest BCUT2D eigenvalue weighted by atomic mass is 32.2. The molecule has 0 amide bonds. The lowest BCUT2D eigenvalue weighted by molar-refractivity contribution is 0.0871. The molecule has 0 saturated carbocycles. The number of rotatable bonds is 5. The Hall–Kier alpha value is 0.570. The van der Waals surface area contributed by atoms with Crippen LogP contribution in [0.25, 0.3) is 0 Å². The molecule has 1 atom stereocenters. The van der Waals surface area contributed by atoms with E-state index in [1.807, 2.05) is 0 Å². The first-order valence-electron chi connectivity index (χ1n) is 3.55. The molecule has 0 aromatic rings. The molecule has 0 bridgehead atoms. The monoisotopic (exact) mass is 282 g/mol. The average Bonchev–Trinajstić information content (AvgIpc) is 1.75. The van der Waals surface area contributed by atoms with Gasteiger partial charge in [0.15, 0.2) is 12.3 Å². The van der Waals surface area contributed by atoms with Crippen LogP contribution in [0.15, 0.2) is 0 Å². The van der Waals surface area contributed by atoms with Gasteiger partial charge < -0.3 is 14.7 Å². The molecule has 8 nitrogen and oxygen atoms in total. The second kappa shape index (κ2) is 5.27. The van der Waals surface area contributed by atoms with Crippen LogP contribution in [0.1, 0.15) is 20.8 Å². The number of phosphoric acid groups is 2. The van der Waals surface area contributed by atoms with Crippen LogP contribution in [0.4, 0.5) is 0 Å². The Balaban J connectivity index is 4.07. The first kappa shape index (κ1) is 15.6. The van der Waals surface area contributed by atoms with Gasteiger partial charge in [-0.1, -0.05) is 0 Å². The molecule has 0 rings (SSSR count). The van der Waals surface area contributed by atoms with E-state index < -0.39 is 21.2 Å². The molecule has 92 valence electrons. The molecule has 0 radical (unpaired) electrons. The minimum atomic E-state index is -4.75. The van der Waals surface area contributed by atoms with Gasteiger partial charge in [0.05, 0.1) is 5.60 Å².